The van der Waals surface area contributed by atoms with Crippen molar-refractivity contribution in [1.29, 1.82) is 0 Å². The molecular weight excluding hydrogens is 426 g/mol. The standard InChI is InChI=1S/C24H25N3O4S/c1-17(28)26-10-12-27(13-11-26)24(29)22-16-32-23(25-22)19-6-8-20(9-7-19)31-15-18-4-3-5-21(14-18)30-2/h3-9,14,16H,10-13,15H2,1-2H3. The van der Waals surface area contributed by atoms with Crippen LogP contribution in [0, 0.1) is 0 Å². The minimum absolute atomic E-state index is 0.0453. The SMILES string of the molecule is COc1cccc(COc2ccc(-c3nc(C(=O)N4CCN(C(C)=O)CC4)cs3)cc2)c1. The number of benzene rings is 2. The number of hydrogen-bond donors (Lipinski definition) is 0. The van der Waals surface area contributed by atoms with Crippen LogP contribution in [0.5, 0.6) is 11.5 Å². The van der Waals surface area contributed by atoms with E-state index in [2.05, 4.69) is 4.98 Å². The van der Waals surface area contributed by atoms with E-state index in [9.17, 15) is 9.59 Å². The smallest absolute Gasteiger partial charge is 0.273 e. The van der Waals surface area contributed by atoms with Gasteiger partial charge in [-0.2, -0.15) is 0 Å². The molecule has 4 rings (SSSR count). The highest BCUT2D eigenvalue weighted by molar-refractivity contribution is 7.13. The first-order valence-corrected chi connectivity index (χ1v) is 11.3. The molecule has 0 aliphatic carbocycles. The second kappa shape index (κ2) is 9.82. The van der Waals surface area contributed by atoms with Gasteiger partial charge < -0.3 is 19.3 Å². The highest BCUT2D eigenvalue weighted by Crippen LogP contribution is 2.27. The summed E-state index contributed by atoms with van der Waals surface area (Å²) in [5.74, 6) is 1.52. The van der Waals surface area contributed by atoms with E-state index < -0.39 is 0 Å². The number of methoxy groups -OCH3 is 1. The summed E-state index contributed by atoms with van der Waals surface area (Å²) in [5, 5.41) is 2.58. The van der Waals surface area contributed by atoms with E-state index in [1.165, 1.54) is 11.3 Å². The van der Waals surface area contributed by atoms with Crippen LogP contribution in [-0.4, -0.2) is 59.9 Å². The largest absolute Gasteiger partial charge is 0.497 e. The van der Waals surface area contributed by atoms with Crippen LogP contribution >= 0.6 is 11.3 Å². The molecule has 0 N–H and O–H groups in total. The number of carbonyl (C=O) groups excluding carboxylic acids is 2. The zero-order valence-corrected chi connectivity index (χ0v) is 18.9. The van der Waals surface area contributed by atoms with Crippen LogP contribution in [0.1, 0.15) is 23.0 Å². The van der Waals surface area contributed by atoms with E-state index in [0.717, 1.165) is 27.6 Å². The number of carbonyl (C=O) groups is 2. The number of aromatic nitrogens is 1. The Labute approximate surface area is 191 Å². The van der Waals surface area contributed by atoms with Gasteiger partial charge in [-0.25, -0.2) is 4.98 Å². The number of amides is 2. The van der Waals surface area contributed by atoms with Gasteiger partial charge in [0.05, 0.1) is 7.11 Å². The van der Waals surface area contributed by atoms with Crippen LogP contribution in [0.15, 0.2) is 53.9 Å². The molecule has 7 nitrogen and oxygen atoms in total. The first-order chi connectivity index (χ1) is 15.5. The van der Waals surface area contributed by atoms with Gasteiger partial charge in [0.2, 0.25) is 5.91 Å². The maximum Gasteiger partial charge on any atom is 0.273 e. The molecule has 0 bridgehead atoms. The van der Waals surface area contributed by atoms with Crippen LogP contribution < -0.4 is 9.47 Å². The number of piperazine rings is 1. The number of nitrogens with zero attached hydrogens (tertiary/aromatic N) is 3. The summed E-state index contributed by atoms with van der Waals surface area (Å²) in [7, 11) is 1.64. The monoisotopic (exact) mass is 451 g/mol. The van der Waals surface area contributed by atoms with Gasteiger partial charge in [-0.05, 0) is 42.0 Å². The molecule has 2 aromatic carbocycles. The van der Waals surface area contributed by atoms with Crippen molar-refractivity contribution in [2.75, 3.05) is 33.3 Å². The third kappa shape index (κ3) is 5.08. The molecule has 1 aliphatic rings. The summed E-state index contributed by atoms with van der Waals surface area (Å²) < 4.78 is 11.1. The topological polar surface area (TPSA) is 72.0 Å². The zero-order chi connectivity index (χ0) is 22.5. The lowest BCUT2D eigenvalue weighted by molar-refractivity contribution is -0.130. The van der Waals surface area contributed by atoms with E-state index in [-0.39, 0.29) is 11.8 Å². The van der Waals surface area contributed by atoms with Crippen molar-refractivity contribution in [2.45, 2.75) is 13.5 Å². The molecule has 0 radical (unpaired) electrons. The van der Waals surface area contributed by atoms with Gasteiger partial charge in [0.1, 0.15) is 28.8 Å². The Kier molecular flexibility index (Phi) is 6.70. The Bertz CT molecular complexity index is 1090. The quantitative estimate of drug-likeness (QED) is 0.571. The minimum Gasteiger partial charge on any atom is -0.497 e. The normalized spacial score (nSPS) is 13.7. The Morgan fingerprint density at radius 3 is 2.41 bits per heavy atom. The van der Waals surface area contributed by atoms with Crippen LogP contribution in [0.25, 0.3) is 10.6 Å². The van der Waals surface area contributed by atoms with Gasteiger partial charge >= 0.3 is 0 Å². The fourth-order valence-electron chi connectivity index (χ4n) is 3.51. The molecule has 1 aromatic heterocycles. The van der Waals surface area contributed by atoms with E-state index in [0.29, 0.717) is 38.5 Å². The highest BCUT2D eigenvalue weighted by atomic mass is 32.1. The molecule has 0 spiro atoms. The maximum atomic E-state index is 12.8. The fraction of sp³-hybridized carbons (Fsp3) is 0.292. The van der Waals surface area contributed by atoms with Crippen LogP contribution in [0.3, 0.4) is 0 Å². The third-order valence-corrected chi connectivity index (χ3v) is 6.27. The van der Waals surface area contributed by atoms with Gasteiger partial charge in [0.15, 0.2) is 0 Å². The molecule has 166 valence electrons. The second-order valence-electron chi connectivity index (χ2n) is 7.50. The molecule has 2 amide bonds. The molecule has 0 saturated carbocycles. The molecule has 2 heterocycles. The van der Waals surface area contributed by atoms with Crippen LogP contribution in [0.4, 0.5) is 0 Å². The lowest BCUT2D eigenvalue weighted by Gasteiger charge is -2.33. The van der Waals surface area contributed by atoms with E-state index >= 15 is 0 Å². The fourth-order valence-corrected chi connectivity index (χ4v) is 4.31. The molecule has 1 aliphatic heterocycles. The van der Waals surface area contributed by atoms with Crippen molar-refractivity contribution in [2.24, 2.45) is 0 Å². The Hall–Kier alpha value is -3.39. The van der Waals surface area contributed by atoms with Crippen LogP contribution in [-0.2, 0) is 11.4 Å². The van der Waals surface area contributed by atoms with Crippen molar-refractivity contribution < 1.29 is 19.1 Å². The van der Waals surface area contributed by atoms with E-state index in [4.69, 9.17) is 9.47 Å². The van der Waals surface area contributed by atoms with Crippen molar-refractivity contribution in [3.8, 4) is 22.1 Å². The van der Waals surface area contributed by atoms with Gasteiger partial charge in [-0.15, -0.1) is 11.3 Å². The first kappa shape index (κ1) is 21.8. The predicted octanol–water partition coefficient (Wildman–Crippen LogP) is 3.70. The van der Waals surface area contributed by atoms with Gasteiger partial charge in [-0.3, -0.25) is 9.59 Å². The Morgan fingerprint density at radius 2 is 1.72 bits per heavy atom. The molecular formula is C24H25N3O4S. The van der Waals surface area contributed by atoms with Gasteiger partial charge in [0.25, 0.3) is 5.91 Å². The Balaban J connectivity index is 1.35. The molecule has 32 heavy (non-hydrogen) atoms. The van der Waals surface area contributed by atoms with Crippen molar-refractivity contribution in [1.82, 2.24) is 14.8 Å². The first-order valence-electron chi connectivity index (χ1n) is 10.4. The summed E-state index contributed by atoms with van der Waals surface area (Å²) >= 11 is 1.44. The molecule has 0 unspecified atom stereocenters. The third-order valence-electron chi connectivity index (χ3n) is 5.38. The van der Waals surface area contributed by atoms with Crippen molar-refractivity contribution in [3.05, 3.63) is 65.2 Å². The zero-order valence-electron chi connectivity index (χ0n) is 18.1. The molecule has 1 saturated heterocycles. The molecule has 8 heteroatoms. The number of hydrogen-bond acceptors (Lipinski definition) is 6. The summed E-state index contributed by atoms with van der Waals surface area (Å²) in [6, 6.07) is 15.5. The minimum atomic E-state index is -0.0889. The highest BCUT2D eigenvalue weighted by Gasteiger charge is 2.24. The summed E-state index contributed by atoms with van der Waals surface area (Å²) in [6.45, 7) is 4.20. The maximum absolute atomic E-state index is 12.8. The Morgan fingerprint density at radius 1 is 1.00 bits per heavy atom. The average molecular weight is 452 g/mol. The summed E-state index contributed by atoms with van der Waals surface area (Å²) in [5.41, 5.74) is 2.41. The number of thiazole rings is 1. The van der Waals surface area contributed by atoms with Crippen LogP contribution in [0.2, 0.25) is 0 Å². The lowest BCUT2D eigenvalue weighted by atomic mass is 10.2. The predicted molar refractivity (Wildman–Crippen MR) is 123 cm³/mol. The summed E-state index contributed by atoms with van der Waals surface area (Å²) in [4.78, 5) is 32.3. The van der Waals surface area contributed by atoms with Crippen molar-refractivity contribution in [3.63, 3.8) is 0 Å². The van der Waals surface area contributed by atoms with Gasteiger partial charge in [-0.1, -0.05) is 12.1 Å². The second-order valence-corrected chi connectivity index (χ2v) is 8.36. The summed E-state index contributed by atoms with van der Waals surface area (Å²) in [6.07, 6.45) is 0. The molecule has 3 aromatic rings. The van der Waals surface area contributed by atoms with Gasteiger partial charge in [0, 0.05) is 44.0 Å². The molecule has 1 fully saturated rings. The molecule has 0 atom stereocenters. The number of ether oxygens (including phenoxy) is 2. The van der Waals surface area contributed by atoms with Crippen molar-refractivity contribution >= 4 is 23.2 Å². The number of rotatable bonds is 6. The lowest BCUT2D eigenvalue weighted by Crippen LogP contribution is -2.50. The average Bonchev–Trinajstić information content (AvgIpc) is 3.33. The van der Waals surface area contributed by atoms with E-state index in [1.54, 1.807) is 29.2 Å². The van der Waals surface area contributed by atoms with E-state index in [1.807, 2.05) is 48.5 Å².